The molecule has 0 saturated carbocycles. The van der Waals surface area contributed by atoms with Crippen molar-refractivity contribution in [1.29, 1.82) is 0 Å². The van der Waals surface area contributed by atoms with Crippen molar-refractivity contribution >= 4 is 53.9 Å². The third-order valence-corrected chi connectivity index (χ3v) is 4.34. The highest BCUT2D eigenvalue weighted by atomic mass is 79.9. The highest BCUT2D eigenvalue weighted by Crippen LogP contribution is 2.35. The number of hydrogen-bond donors (Lipinski definition) is 3. The van der Waals surface area contributed by atoms with Crippen molar-refractivity contribution in [3.8, 4) is 11.5 Å². The quantitative estimate of drug-likeness (QED) is 0.497. The lowest BCUT2D eigenvalue weighted by Crippen LogP contribution is -2.38. The summed E-state index contributed by atoms with van der Waals surface area (Å²) >= 11 is 6.47. The number of aromatic nitrogens is 1. The number of hydrogen-bond acceptors (Lipinski definition) is 6. The molecule has 1 aromatic heterocycles. The van der Waals surface area contributed by atoms with Crippen molar-refractivity contribution in [2.24, 2.45) is 0 Å². The standard InChI is InChI=1S/C14H10Br2N2O3.H2O4S/c15-9-5-8(6-10(16)13(9)19)14(20)18-3-4-21-12-1-2-17-7-11(12)18;1-5(2,3)4/h1-2,5-7,19H,3-4H2;(H2,1,2,3,4). The molecule has 1 aromatic carbocycles. The number of amides is 1. The van der Waals surface area contributed by atoms with Crippen LogP contribution in [0.3, 0.4) is 0 Å². The minimum Gasteiger partial charge on any atom is -0.506 e. The first kappa shape index (κ1) is 20.6. The smallest absolute Gasteiger partial charge is 0.394 e. The Balaban J connectivity index is 0.000000431. The van der Waals surface area contributed by atoms with E-state index >= 15 is 0 Å². The van der Waals surface area contributed by atoms with Crippen molar-refractivity contribution in [3.05, 3.63) is 45.1 Å². The van der Waals surface area contributed by atoms with Crippen LogP contribution in [-0.2, 0) is 10.4 Å². The predicted octanol–water partition coefficient (Wildman–Crippen LogP) is 2.70. The molecule has 26 heavy (non-hydrogen) atoms. The number of carbonyl (C=O) groups excluding carboxylic acids is 1. The molecule has 0 atom stereocenters. The van der Waals surface area contributed by atoms with E-state index in [4.69, 9.17) is 22.3 Å². The number of carbonyl (C=O) groups is 1. The Morgan fingerprint density at radius 3 is 2.38 bits per heavy atom. The molecule has 0 aliphatic carbocycles. The highest BCUT2D eigenvalue weighted by Gasteiger charge is 2.25. The first-order chi connectivity index (χ1) is 12.1. The van der Waals surface area contributed by atoms with Gasteiger partial charge in [0, 0.05) is 17.8 Å². The van der Waals surface area contributed by atoms with Gasteiger partial charge in [0.25, 0.3) is 5.91 Å². The molecule has 0 saturated heterocycles. The minimum atomic E-state index is -4.67. The number of phenols is 1. The lowest BCUT2D eigenvalue weighted by molar-refractivity contribution is 0.0976. The van der Waals surface area contributed by atoms with Crippen LogP contribution >= 0.6 is 31.9 Å². The first-order valence-electron chi connectivity index (χ1n) is 6.84. The van der Waals surface area contributed by atoms with Gasteiger partial charge in [-0.2, -0.15) is 8.42 Å². The second-order valence-electron chi connectivity index (χ2n) is 4.88. The fourth-order valence-corrected chi connectivity index (χ4v) is 3.31. The molecule has 0 spiro atoms. The molecule has 1 aliphatic rings. The van der Waals surface area contributed by atoms with Crippen molar-refractivity contribution in [2.75, 3.05) is 18.1 Å². The molecule has 3 rings (SSSR count). The molecule has 0 bridgehead atoms. The average Bonchev–Trinajstić information content (AvgIpc) is 2.56. The maximum atomic E-state index is 12.7. The van der Waals surface area contributed by atoms with Crippen LogP contribution in [0.2, 0.25) is 0 Å². The van der Waals surface area contributed by atoms with E-state index in [1.54, 1.807) is 35.5 Å². The fourth-order valence-electron chi connectivity index (χ4n) is 2.12. The van der Waals surface area contributed by atoms with Crippen LogP contribution < -0.4 is 9.64 Å². The number of phenolic OH excluding ortho intramolecular Hbond substituents is 1. The number of ether oxygens (including phenoxy) is 1. The number of rotatable bonds is 1. The second-order valence-corrected chi connectivity index (χ2v) is 7.49. The SMILES string of the molecule is O=C(c1cc(Br)c(O)c(Br)c1)N1CCOc2ccncc21.O=S(=O)(O)O. The lowest BCUT2D eigenvalue weighted by Gasteiger charge is -2.29. The number of fused-ring (bicyclic) bond motifs is 1. The van der Waals surface area contributed by atoms with Gasteiger partial charge in [-0.3, -0.25) is 18.9 Å². The van der Waals surface area contributed by atoms with E-state index in [0.29, 0.717) is 39.1 Å². The Morgan fingerprint density at radius 2 is 1.81 bits per heavy atom. The molecule has 2 aromatic rings. The van der Waals surface area contributed by atoms with Crippen LogP contribution in [0.5, 0.6) is 11.5 Å². The van der Waals surface area contributed by atoms with E-state index in [2.05, 4.69) is 36.8 Å². The summed E-state index contributed by atoms with van der Waals surface area (Å²) in [6.45, 7) is 0.886. The maximum absolute atomic E-state index is 12.7. The van der Waals surface area contributed by atoms with Gasteiger partial charge in [0.1, 0.15) is 23.8 Å². The number of aromatic hydroxyl groups is 1. The van der Waals surface area contributed by atoms with Gasteiger partial charge in [0.05, 0.1) is 21.7 Å². The van der Waals surface area contributed by atoms with Crippen LogP contribution in [-0.4, -0.2) is 46.7 Å². The molecule has 0 fully saturated rings. The van der Waals surface area contributed by atoms with Gasteiger partial charge in [-0.15, -0.1) is 0 Å². The zero-order valence-corrected chi connectivity index (χ0v) is 16.8. The number of nitrogens with zero attached hydrogens (tertiary/aromatic N) is 2. The first-order valence-corrected chi connectivity index (χ1v) is 9.83. The Morgan fingerprint density at radius 1 is 1.23 bits per heavy atom. The van der Waals surface area contributed by atoms with Crippen LogP contribution in [0, 0.1) is 0 Å². The van der Waals surface area contributed by atoms with Crippen LogP contribution in [0.25, 0.3) is 0 Å². The summed E-state index contributed by atoms with van der Waals surface area (Å²) in [5.41, 5.74) is 1.11. The van der Waals surface area contributed by atoms with Gasteiger partial charge in [0.2, 0.25) is 0 Å². The van der Waals surface area contributed by atoms with Crippen LogP contribution in [0.15, 0.2) is 39.5 Å². The molecule has 1 amide bonds. The van der Waals surface area contributed by atoms with E-state index < -0.39 is 10.4 Å². The summed E-state index contributed by atoms with van der Waals surface area (Å²) in [5.74, 6) is 0.533. The number of halogens is 2. The molecular weight excluding hydrogens is 500 g/mol. The second kappa shape index (κ2) is 8.31. The summed E-state index contributed by atoms with van der Waals surface area (Å²) in [6, 6.07) is 4.92. The molecule has 12 heteroatoms. The topological polar surface area (TPSA) is 137 Å². The van der Waals surface area contributed by atoms with E-state index in [1.165, 1.54) is 0 Å². The van der Waals surface area contributed by atoms with Crippen molar-refractivity contribution < 1.29 is 32.2 Å². The minimum absolute atomic E-state index is 0.0654. The summed E-state index contributed by atoms with van der Waals surface area (Å²) in [5, 5.41) is 9.73. The van der Waals surface area contributed by atoms with Crippen molar-refractivity contribution in [2.45, 2.75) is 0 Å². The zero-order chi connectivity index (χ0) is 19.5. The molecule has 0 radical (unpaired) electrons. The predicted molar refractivity (Wildman–Crippen MR) is 99.1 cm³/mol. The van der Waals surface area contributed by atoms with Gasteiger partial charge < -0.3 is 14.7 Å². The van der Waals surface area contributed by atoms with Crippen LogP contribution in [0.4, 0.5) is 5.69 Å². The van der Waals surface area contributed by atoms with E-state index in [0.717, 1.165) is 0 Å². The van der Waals surface area contributed by atoms with E-state index in [9.17, 15) is 9.90 Å². The summed E-state index contributed by atoms with van der Waals surface area (Å²) < 4.78 is 38.0. The molecule has 2 heterocycles. The summed E-state index contributed by atoms with van der Waals surface area (Å²) in [6.07, 6.45) is 3.23. The van der Waals surface area contributed by atoms with E-state index in [1.807, 2.05) is 0 Å². The Labute approximate surface area is 165 Å². The maximum Gasteiger partial charge on any atom is 0.394 e. The average molecular weight is 512 g/mol. The Kier molecular flexibility index (Phi) is 6.58. The highest BCUT2D eigenvalue weighted by molar-refractivity contribution is 9.11. The van der Waals surface area contributed by atoms with Crippen LogP contribution in [0.1, 0.15) is 10.4 Å². The third kappa shape index (κ3) is 5.38. The zero-order valence-electron chi connectivity index (χ0n) is 12.8. The van der Waals surface area contributed by atoms with Gasteiger partial charge in [-0.05, 0) is 44.0 Å². The third-order valence-electron chi connectivity index (χ3n) is 3.13. The molecule has 1 aliphatic heterocycles. The number of anilines is 1. The largest absolute Gasteiger partial charge is 0.506 e. The number of benzene rings is 1. The molecule has 0 unspecified atom stereocenters. The van der Waals surface area contributed by atoms with Gasteiger partial charge in [0.15, 0.2) is 0 Å². The molecule has 140 valence electrons. The molecule has 9 nitrogen and oxygen atoms in total. The van der Waals surface area contributed by atoms with Crippen molar-refractivity contribution in [1.82, 2.24) is 4.98 Å². The lowest BCUT2D eigenvalue weighted by atomic mass is 10.1. The van der Waals surface area contributed by atoms with Gasteiger partial charge >= 0.3 is 10.4 Å². The van der Waals surface area contributed by atoms with Gasteiger partial charge in [-0.25, -0.2) is 0 Å². The monoisotopic (exact) mass is 510 g/mol. The molecular formula is C14H12Br2N2O7S. The number of pyridine rings is 1. The van der Waals surface area contributed by atoms with E-state index in [-0.39, 0.29) is 11.7 Å². The Hall–Kier alpha value is -1.73. The summed E-state index contributed by atoms with van der Waals surface area (Å²) in [4.78, 5) is 18.4. The fraction of sp³-hybridized carbons (Fsp3) is 0.143. The molecule has 3 N–H and O–H groups in total. The van der Waals surface area contributed by atoms with Crippen molar-refractivity contribution in [3.63, 3.8) is 0 Å². The normalized spacial score (nSPS) is 13.2. The summed E-state index contributed by atoms with van der Waals surface area (Å²) in [7, 11) is -4.67. The van der Waals surface area contributed by atoms with Gasteiger partial charge in [-0.1, -0.05) is 0 Å². The Bertz CT molecular complexity index is 906.